The molecule has 2 heterocycles. The third-order valence-corrected chi connectivity index (χ3v) is 5.90. The summed E-state index contributed by atoms with van der Waals surface area (Å²) in [5.74, 6) is 0.701. The van der Waals surface area contributed by atoms with E-state index in [-0.39, 0.29) is 10.6 Å². The quantitative estimate of drug-likeness (QED) is 0.855. The maximum absolute atomic E-state index is 13.1. The van der Waals surface area contributed by atoms with E-state index in [1.165, 1.54) is 22.6 Å². The summed E-state index contributed by atoms with van der Waals surface area (Å²) in [7, 11) is -2.27. The Morgan fingerprint density at radius 3 is 2.88 bits per heavy atom. The topological polar surface area (TPSA) is 83.3 Å². The van der Waals surface area contributed by atoms with E-state index in [1.807, 2.05) is 12.1 Å². The van der Waals surface area contributed by atoms with E-state index in [2.05, 4.69) is 4.98 Å². The molecule has 1 aromatic heterocycles. The molecule has 124 valence electrons. The van der Waals surface area contributed by atoms with Crippen molar-refractivity contribution in [3.8, 4) is 11.8 Å². The summed E-state index contributed by atoms with van der Waals surface area (Å²) in [5, 5.41) is 9.19. The molecule has 0 fully saturated rings. The lowest BCUT2D eigenvalue weighted by Gasteiger charge is -2.25. The summed E-state index contributed by atoms with van der Waals surface area (Å²) in [6.45, 7) is 0.376. The fourth-order valence-electron chi connectivity index (χ4n) is 2.87. The van der Waals surface area contributed by atoms with Gasteiger partial charge in [0.1, 0.15) is 16.7 Å². The normalized spacial score (nSPS) is 14.4. The first-order valence-electron chi connectivity index (χ1n) is 7.62. The van der Waals surface area contributed by atoms with Crippen LogP contribution in [0.3, 0.4) is 0 Å². The SMILES string of the molecule is COc1ccc2c(c1)CCCCN2S(=O)(=O)c1cccnc1C#N. The maximum atomic E-state index is 13.1. The van der Waals surface area contributed by atoms with Gasteiger partial charge in [-0.2, -0.15) is 5.26 Å². The van der Waals surface area contributed by atoms with Gasteiger partial charge in [-0.1, -0.05) is 0 Å². The van der Waals surface area contributed by atoms with Gasteiger partial charge < -0.3 is 4.74 Å². The number of nitriles is 1. The van der Waals surface area contributed by atoms with Crippen molar-refractivity contribution < 1.29 is 13.2 Å². The van der Waals surface area contributed by atoms with E-state index < -0.39 is 10.0 Å². The highest BCUT2D eigenvalue weighted by Gasteiger charge is 2.30. The third kappa shape index (κ3) is 2.81. The molecule has 0 spiro atoms. The van der Waals surface area contributed by atoms with Gasteiger partial charge in [-0.05, 0) is 55.2 Å². The van der Waals surface area contributed by atoms with Gasteiger partial charge in [0.25, 0.3) is 10.0 Å². The number of methoxy groups -OCH3 is 1. The van der Waals surface area contributed by atoms with Crippen molar-refractivity contribution >= 4 is 15.7 Å². The predicted molar refractivity (Wildman–Crippen MR) is 89.4 cm³/mol. The van der Waals surface area contributed by atoms with Gasteiger partial charge in [0, 0.05) is 12.7 Å². The molecule has 0 saturated carbocycles. The van der Waals surface area contributed by atoms with Crippen LogP contribution in [0.1, 0.15) is 24.1 Å². The van der Waals surface area contributed by atoms with Crippen LogP contribution in [0.5, 0.6) is 5.75 Å². The van der Waals surface area contributed by atoms with Gasteiger partial charge in [0.05, 0.1) is 12.8 Å². The van der Waals surface area contributed by atoms with Crippen molar-refractivity contribution in [1.82, 2.24) is 4.98 Å². The molecule has 0 atom stereocenters. The fraction of sp³-hybridized carbons (Fsp3) is 0.294. The number of hydrogen-bond donors (Lipinski definition) is 0. The second kappa shape index (κ2) is 6.49. The largest absolute Gasteiger partial charge is 0.497 e. The summed E-state index contributed by atoms with van der Waals surface area (Å²) in [4.78, 5) is 3.82. The monoisotopic (exact) mass is 343 g/mol. The number of rotatable bonds is 3. The molecule has 1 aliphatic rings. The van der Waals surface area contributed by atoms with Gasteiger partial charge in [-0.15, -0.1) is 0 Å². The fourth-order valence-corrected chi connectivity index (χ4v) is 4.51. The Morgan fingerprint density at radius 2 is 2.12 bits per heavy atom. The van der Waals surface area contributed by atoms with Crippen molar-refractivity contribution in [1.29, 1.82) is 5.26 Å². The summed E-state index contributed by atoms with van der Waals surface area (Å²) in [6, 6.07) is 10.2. The van der Waals surface area contributed by atoms with Gasteiger partial charge in [-0.3, -0.25) is 4.31 Å². The van der Waals surface area contributed by atoms with Crippen LogP contribution in [0.4, 0.5) is 5.69 Å². The van der Waals surface area contributed by atoms with E-state index in [0.717, 1.165) is 24.8 Å². The Morgan fingerprint density at radius 1 is 1.29 bits per heavy atom. The van der Waals surface area contributed by atoms with Crippen LogP contribution in [0.2, 0.25) is 0 Å². The van der Waals surface area contributed by atoms with E-state index in [9.17, 15) is 13.7 Å². The van der Waals surface area contributed by atoms with E-state index in [1.54, 1.807) is 19.2 Å². The summed E-state index contributed by atoms with van der Waals surface area (Å²) < 4.78 is 32.9. The smallest absolute Gasteiger partial charge is 0.267 e. The van der Waals surface area contributed by atoms with Crippen molar-refractivity contribution in [2.75, 3.05) is 18.0 Å². The average molecular weight is 343 g/mol. The van der Waals surface area contributed by atoms with Crippen LogP contribution in [0.15, 0.2) is 41.4 Å². The van der Waals surface area contributed by atoms with Crippen LogP contribution in [-0.2, 0) is 16.4 Å². The molecule has 3 rings (SSSR count). The van der Waals surface area contributed by atoms with Gasteiger partial charge in [0.15, 0.2) is 5.69 Å². The van der Waals surface area contributed by atoms with Crippen molar-refractivity contribution in [3.63, 3.8) is 0 Å². The second-order valence-corrected chi connectivity index (χ2v) is 7.32. The molecule has 0 saturated heterocycles. The zero-order chi connectivity index (χ0) is 17.2. The molecular weight excluding hydrogens is 326 g/mol. The Balaban J connectivity index is 2.14. The van der Waals surface area contributed by atoms with Gasteiger partial charge in [0.2, 0.25) is 0 Å². The molecule has 0 amide bonds. The number of ether oxygens (including phenoxy) is 1. The van der Waals surface area contributed by atoms with Crippen LogP contribution >= 0.6 is 0 Å². The van der Waals surface area contributed by atoms with Crippen molar-refractivity contribution in [2.24, 2.45) is 0 Å². The predicted octanol–water partition coefficient (Wildman–Crippen LogP) is 2.49. The number of aryl methyl sites for hydroxylation is 1. The van der Waals surface area contributed by atoms with Crippen LogP contribution < -0.4 is 9.04 Å². The number of sulfonamides is 1. The number of aromatic nitrogens is 1. The van der Waals surface area contributed by atoms with Crippen molar-refractivity contribution in [2.45, 2.75) is 24.2 Å². The minimum Gasteiger partial charge on any atom is -0.497 e. The molecule has 6 nitrogen and oxygen atoms in total. The number of anilines is 1. The number of nitrogens with zero attached hydrogens (tertiary/aromatic N) is 3. The first-order chi connectivity index (χ1) is 11.6. The number of fused-ring (bicyclic) bond motifs is 1. The number of pyridine rings is 1. The molecule has 0 unspecified atom stereocenters. The molecular formula is C17H17N3O3S. The Labute approximate surface area is 141 Å². The molecule has 1 aromatic carbocycles. The highest BCUT2D eigenvalue weighted by molar-refractivity contribution is 7.92. The molecule has 0 bridgehead atoms. The first-order valence-corrected chi connectivity index (χ1v) is 9.06. The molecule has 1 aliphatic heterocycles. The third-order valence-electron chi connectivity index (χ3n) is 4.06. The standard InChI is InChI=1S/C17H17N3O3S/c1-23-14-7-8-16-13(11-14)5-2-3-10-20(16)24(21,22)17-6-4-9-19-15(17)12-18/h4,6-9,11H,2-3,5,10H2,1H3. The maximum Gasteiger partial charge on any atom is 0.267 e. The van der Waals surface area contributed by atoms with Crippen LogP contribution in [0, 0.1) is 11.3 Å². The van der Waals surface area contributed by atoms with Gasteiger partial charge >= 0.3 is 0 Å². The van der Waals surface area contributed by atoms with Crippen LogP contribution in [-0.4, -0.2) is 27.1 Å². The summed E-state index contributed by atoms with van der Waals surface area (Å²) in [5.41, 5.74) is 1.48. The minimum atomic E-state index is -3.85. The lowest BCUT2D eigenvalue weighted by molar-refractivity contribution is 0.414. The van der Waals surface area contributed by atoms with Crippen LogP contribution in [0.25, 0.3) is 0 Å². The highest BCUT2D eigenvalue weighted by atomic mass is 32.2. The summed E-state index contributed by atoms with van der Waals surface area (Å²) >= 11 is 0. The Hall–Kier alpha value is -2.59. The highest BCUT2D eigenvalue weighted by Crippen LogP contribution is 2.34. The van der Waals surface area contributed by atoms with E-state index >= 15 is 0 Å². The zero-order valence-corrected chi connectivity index (χ0v) is 14.1. The van der Waals surface area contributed by atoms with Gasteiger partial charge in [-0.25, -0.2) is 13.4 Å². The Bertz CT molecular complexity index is 904. The summed E-state index contributed by atoms with van der Waals surface area (Å²) in [6.07, 6.45) is 3.85. The molecule has 24 heavy (non-hydrogen) atoms. The average Bonchev–Trinajstić information content (AvgIpc) is 2.83. The molecule has 7 heteroatoms. The lowest BCUT2D eigenvalue weighted by atomic mass is 10.1. The minimum absolute atomic E-state index is 0.0591. The zero-order valence-electron chi connectivity index (χ0n) is 13.3. The van der Waals surface area contributed by atoms with E-state index in [0.29, 0.717) is 18.0 Å². The number of hydrogen-bond acceptors (Lipinski definition) is 5. The lowest BCUT2D eigenvalue weighted by Crippen LogP contribution is -2.32. The van der Waals surface area contributed by atoms with E-state index in [4.69, 9.17) is 4.74 Å². The molecule has 0 N–H and O–H groups in total. The molecule has 0 radical (unpaired) electrons. The first kappa shape index (κ1) is 16.3. The van der Waals surface area contributed by atoms with Crippen molar-refractivity contribution in [3.05, 3.63) is 47.8 Å². The Kier molecular flexibility index (Phi) is 4.40. The number of benzene rings is 1. The second-order valence-electron chi connectivity index (χ2n) is 5.49. The molecule has 2 aromatic rings. The molecule has 0 aliphatic carbocycles.